The molecule has 1 saturated heterocycles. The van der Waals surface area contributed by atoms with E-state index in [2.05, 4.69) is 10.2 Å². The van der Waals surface area contributed by atoms with E-state index in [1.807, 2.05) is 13.8 Å². The molecule has 1 heterocycles. The Hall–Kier alpha value is -0.170. The molecule has 19 heavy (non-hydrogen) atoms. The molecule has 2 aliphatic rings. The molecule has 112 valence electrons. The summed E-state index contributed by atoms with van der Waals surface area (Å²) in [6, 6.07) is 0.339. The number of hydrogen-bond donors (Lipinski definition) is 1. The topological polar surface area (TPSA) is 52.7 Å². The summed E-state index contributed by atoms with van der Waals surface area (Å²) in [7, 11) is -3.07. The van der Waals surface area contributed by atoms with Crippen molar-refractivity contribution in [2.45, 2.75) is 32.7 Å². The first-order valence-electron chi connectivity index (χ1n) is 7.41. The van der Waals surface area contributed by atoms with Crippen LogP contribution in [0.5, 0.6) is 0 Å². The summed E-state index contributed by atoms with van der Waals surface area (Å²) in [5.74, 6) is 1.10. The Balaban J connectivity index is 1.72. The largest absolute Gasteiger partial charge is 0.313 e. The van der Waals surface area contributed by atoms with Gasteiger partial charge in [0.05, 0.1) is 5.75 Å². The maximum atomic E-state index is 12.2. The van der Waals surface area contributed by atoms with E-state index >= 15 is 0 Å². The molecule has 0 spiro atoms. The van der Waals surface area contributed by atoms with E-state index < -0.39 is 10.0 Å². The Bertz CT molecular complexity index is 371. The number of hydrogen-bond acceptors (Lipinski definition) is 4. The van der Waals surface area contributed by atoms with Gasteiger partial charge in [-0.05, 0) is 18.8 Å². The van der Waals surface area contributed by atoms with Crippen LogP contribution in [0.4, 0.5) is 0 Å². The Morgan fingerprint density at radius 2 is 1.79 bits per heavy atom. The normalized spacial score (nSPS) is 23.1. The fraction of sp³-hybridized carbons (Fsp3) is 1.00. The molecule has 2 fully saturated rings. The molecule has 0 radical (unpaired) electrons. The second kappa shape index (κ2) is 6.52. The molecule has 0 atom stereocenters. The van der Waals surface area contributed by atoms with Gasteiger partial charge in [0.1, 0.15) is 0 Å². The van der Waals surface area contributed by atoms with Gasteiger partial charge in [-0.1, -0.05) is 13.8 Å². The smallest absolute Gasteiger partial charge is 0.215 e. The molecule has 1 saturated carbocycles. The zero-order chi connectivity index (χ0) is 13.9. The van der Waals surface area contributed by atoms with Crippen molar-refractivity contribution in [3.05, 3.63) is 0 Å². The van der Waals surface area contributed by atoms with Crippen LogP contribution >= 0.6 is 0 Å². The highest BCUT2D eigenvalue weighted by molar-refractivity contribution is 7.89. The Kier molecular flexibility index (Phi) is 5.22. The van der Waals surface area contributed by atoms with Gasteiger partial charge in [-0.2, -0.15) is 4.31 Å². The minimum atomic E-state index is -3.07. The van der Waals surface area contributed by atoms with E-state index in [4.69, 9.17) is 0 Å². The summed E-state index contributed by atoms with van der Waals surface area (Å²) in [4.78, 5) is 2.41. The number of nitrogens with zero attached hydrogens (tertiary/aromatic N) is 2. The average molecular weight is 289 g/mol. The van der Waals surface area contributed by atoms with Crippen LogP contribution in [0.3, 0.4) is 0 Å². The number of rotatable bonds is 7. The molecule has 0 aromatic rings. The van der Waals surface area contributed by atoms with E-state index in [1.165, 1.54) is 19.4 Å². The predicted molar refractivity (Wildman–Crippen MR) is 77.7 cm³/mol. The lowest BCUT2D eigenvalue weighted by molar-refractivity contribution is 0.182. The Morgan fingerprint density at radius 3 is 2.32 bits per heavy atom. The molecule has 0 bridgehead atoms. The number of nitrogens with one attached hydrogen (secondary N) is 1. The molecule has 0 amide bonds. The Morgan fingerprint density at radius 1 is 1.16 bits per heavy atom. The van der Waals surface area contributed by atoms with Crippen molar-refractivity contribution in [1.29, 1.82) is 0 Å². The second-order valence-corrected chi connectivity index (χ2v) is 8.16. The minimum Gasteiger partial charge on any atom is -0.313 e. The van der Waals surface area contributed by atoms with Crippen LogP contribution in [0.15, 0.2) is 0 Å². The molecule has 1 aliphatic carbocycles. The van der Waals surface area contributed by atoms with Crippen LogP contribution in [0.1, 0.15) is 26.7 Å². The van der Waals surface area contributed by atoms with Crippen LogP contribution in [0.25, 0.3) is 0 Å². The fourth-order valence-electron chi connectivity index (χ4n) is 2.46. The van der Waals surface area contributed by atoms with Gasteiger partial charge in [0.15, 0.2) is 0 Å². The van der Waals surface area contributed by atoms with Crippen molar-refractivity contribution in [1.82, 2.24) is 14.5 Å². The van der Waals surface area contributed by atoms with Gasteiger partial charge in [0, 0.05) is 45.3 Å². The van der Waals surface area contributed by atoms with Gasteiger partial charge >= 0.3 is 0 Å². The fourth-order valence-corrected chi connectivity index (χ4v) is 3.82. The van der Waals surface area contributed by atoms with Gasteiger partial charge in [-0.15, -0.1) is 0 Å². The highest BCUT2D eigenvalue weighted by atomic mass is 32.2. The molecular weight excluding hydrogens is 262 g/mol. The summed E-state index contributed by atoms with van der Waals surface area (Å²) in [6.07, 6.45) is 2.72. The SMILES string of the molecule is CC(C)NCCS(=O)(=O)N1CCN(CC2CC2)CC1. The van der Waals surface area contributed by atoms with Gasteiger partial charge in [-0.25, -0.2) is 8.42 Å². The third kappa shape index (κ3) is 5.02. The third-order valence-electron chi connectivity index (χ3n) is 3.85. The second-order valence-electron chi connectivity index (χ2n) is 6.07. The number of sulfonamides is 1. The van der Waals surface area contributed by atoms with Gasteiger partial charge < -0.3 is 10.2 Å². The molecule has 0 unspecified atom stereocenters. The zero-order valence-electron chi connectivity index (χ0n) is 12.1. The lowest BCUT2D eigenvalue weighted by Gasteiger charge is -2.34. The average Bonchev–Trinajstić information content (AvgIpc) is 3.13. The van der Waals surface area contributed by atoms with Crippen molar-refractivity contribution < 1.29 is 8.42 Å². The Labute approximate surface area is 117 Å². The third-order valence-corrected chi connectivity index (χ3v) is 5.72. The quantitative estimate of drug-likeness (QED) is 0.734. The van der Waals surface area contributed by atoms with Crippen molar-refractivity contribution in [3.63, 3.8) is 0 Å². The first-order chi connectivity index (χ1) is 8.97. The minimum absolute atomic E-state index is 0.216. The van der Waals surface area contributed by atoms with Crippen LogP contribution in [0.2, 0.25) is 0 Å². The lowest BCUT2D eigenvalue weighted by Crippen LogP contribution is -2.50. The molecule has 0 aromatic heterocycles. The van der Waals surface area contributed by atoms with Gasteiger partial charge in [-0.3, -0.25) is 0 Å². The maximum absolute atomic E-state index is 12.2. The van der Waals surface area contributed by atoms with E-state index in [0.717, 1.165) is 19.0 Å². The zero-order valence-corrected chi connectivity index (χ0v) is 13.0. The van der Waals surface area contributed by atoms with E-state index in [0.29, 0.717) is 25.7 Å². The maximum Gasteiger partial charge on any atom is 0.215 e. The van der Waals surface area contributed by atoms with Crippen LogP contribution in [-0.2, 0) is 10.0 Å². The molecule has 0 aromatic carbocycles. The molecule has 1 aliphatic heterocycles. The standard InChI is InChI=1S/C13H27N3O2S/c1-12(2)14-5-10-19(17,18)16-8-6-15(7-9-16)11-13-3-4-13/h12-14H,3-11H2,1-2H3. The van der Waals surface area contributed by atoms with Gasteiger partial charge in [0.2, 0.25) is 10.0 Å². The summed E-state index contributed by atoms with van der Waals surface area (Å²) in [6.45, 7) is 8.89. The summed E-state index contributed by atoms with van der Waals surface area (Å²) in [5.41, 5.74) is 0. The van der Waals surface area contributed by atoms with Crippen molar-refractivity contribution >= 4 is 10.0 Å². The first-order valence-corrected chi connectivity index (χ1v) is 9.02. The first kappa shape index (κ1) is 15.2. The lowest BCUT2D eigenvalue weighted by atomic mass is 10.3. The highest BCUT2D eigenvalue weighted by Gasteiger charge is 2.29. The highest BCUT2D eigenvalue weighted by Crippen LogP contribution is 2.30. The summed E-state index contributed by atoms with van der Waals surface area (Å²) >= 11 is 0. The van der Waals surface area contributed by atoms with Crippen molar-refractivity contribution in [2.24, 2.45) is 5.92 Å². The molecule has 5 nitrogen and oxygen atoms in total. The van der Waals surface area contributed by atoms with Gasteiger partial charge in [0.25, 0.3) is 0 Å². The van der Waals surface area contributed by atoms with E-state index in [1.54, 1.807) is 4.31 Å². The van der Waals surface area contributed by atoms with Crippen LogP contribution in [-0.4, -0.2) is 68.7 Å². The van der Waals surface area contributed by atoms with Crippen LogP contribution < -0.4 is 5.32 Å². The summed E-state index contributed by atoms with van der Waals surface area (Å²) < 4.78 is 26.0. The van der Waals surface area contributed by atoms with E-state index in [9.17, 15) is 8.42 Å². The predicted octanol–water partition coefficient (Wildman–Crippen LogP) is 0.342. The summed E-state index contributed by atoms with van der Waals surface area (Å²) in [5, 5.41) is 3.17. The monoisotopic (exact) mass is 289 g/mol. The van der Waals surface area contributed by atoms with Crippen LogP contribution in [0, 0.1) is 5.92 Å². The molecule has 2 rings (SSSR count). The molecular formula is C13H27N3O2S. The molecule has 1 N–H and O–H groups in total. The van der Waals surface area contributed by atoms with Crippen molar-refractivity contribution in [3.8, 4) is 0 Å². The molecule has 6 heteroatoms. The number of piperazine rings is 1. The van der Waals surface area contributed by atoms with E-state index in [-0.39, 0.29) is 5.75 Å². The van der Waals surface area contributed by atoms with Crippen molar-refractivity contribution in [2.75, 3.05) is 45.0 Å².